The van der Waals surface area contributed by atoms with Crippen LogP contribution in [-0.4, -0.2) is 28.8 Å². The maximum Gasteiger partial charge on any atom is 0.304 e. The first-order valence-electron chi connectivity index (χ1n) is 9.32. The van der Waals surface area contributed by atoms with Crippen LogP contribution < -0.4 is 10.7 Å². The lowest BCUT2D eigenvalue weighted by molar-refractivity contribution is -0.596. The van der Waals surface area contributed by atoms with E-state index in [1.165, 1.54) is 24.3 Å². The molecule has 0 spiro atoms. The third kappa shape index (κ3) is 4.23. The Bertz CT molecular complexity index is 1100. The molecule has 1 heterocycles. The lowest BCUT2D eigenvalue weighted by Gasteiger charge is -2.14. The second-order valence-corrected chi connectivity index (χ2v) is 7.31. The Balaban J connectivity index is 1.68. The summed E-state index contributed by atoms with van der Waals surface area (Å²) in [6.07, 6.45) is 1.79. The zero-order valence-corrected chi connectivity index (χ0v) is 16.5. The lowest BCUT2D eigenvalue weighted by Crippen LogP contribution is -2.42. The zero-order chi connectivity index (χ0) is 21.1. The average molecular weight is 423 g/mol. The second-order valence-electron chi connectivity index (χ2n) is 6.88. The van der Waals surface area contributed by atoms with Crippen molar-refractivity contribution in [2.45, 2.75) is 12.1 Å². The molecule has 0 radical (unpaired) electrons. The Hall–Kier alpha value is -3.51. The molecule has 1 aliphatic rings. The monoisotopic (exact) mass is 422 g/mol. The third-order valence-corrected chi connectivity index (χ3v) is 5.08. The van der Waals surface area contributed by atoms with Crippen LogP contribution >= 0.6 is 11.6 Å². The molecule has 0 unspecified atom stereocenters. The highest BCUT2D eigenvalue weighted by molar-refractivity contribution is 6.30. The Morgan fingerprint density at radius 1 is 1.00 bits per heavy atom. The third-order valence-electron chi connectivity index (χ3n) is 4.83. The lowest BCUT2D eigenvalue weighted by atomic mass is 10.00. The fraction of sp³-hybridized carbons (Fsp3) is 0.0870. The van der Waals surface area contributed by atoms with Gasteiger partial charge in [-0.15, -0.1) is 10.1 Å². The van der Waals surface area contributed by atoms with Crippen LogP contribution in [0.15, 0.2) is 78.9 Å². The molecule has 1 aliphatic heterocycles. The van der Waals surface area contributed by atoms with Crippen molar-refractivity contribution in [3.05, 3.63) is 106 Å². The van der Waals surface area contributed by atoms with Crippen LogP contribution in [0.1, 0.15) is 27.5 Å². The summed E-state index contributed by atoms with van der Waals surface area (Å²) in [5, 5.41) is 3.39. The smallest absolute Gasteiger partial charge is 0.304 e. The average Bonchev–Trinajstić information content (AvgIpc) is 3.05. The van der Waals surface area contributed by atoms with Gasteiger partial charge in [-0.2, -0.15) is 0 Å². The Kier molecular flexibility index (Phi) is 5.59. The van der Waals surface area contributed by atoms with Gasteiger partial charge in [-0.05, 0) is 48.5 Å². The van der Waals surface area contributed by atoms with Crippen LogP contribution in [-0.2, 0) is 4.79 Å². The number of carbonyl (C=O) groups is 2. The molecule has 0 saturated carbocycles. The van der Waals surface area contributed by atoms with E-state index < -0.39 is 23.8 Å². The molecule has 4 rings (SSSR count). The van der Waals surface area contributed by atoms with E-state index >= 15 is 0 Å². The Labute approximate surface area is 177 Å². The van der Waals surface area contributed by atoms with Crippen LogP contribution in [0, 0.1) is 5.82 Å². The fourth-order valence-corrected chi connectivity index (χ4v) is 3.49. The number of hydrogen-bond acceptors (Lipinski definition) is 2. The van der Waals surface area contributed by atoms with E-state index in [1.807, 2.05) is 42.5 Å². The predicted molar refractivity (Wildman–Crippen MR) is 112 cm³/mol. The van der Waals surface area contributed by atoms with Gasteiger partial charge in [-0.3, -0.25) is 9.59 Å². The maximum absolute atomic E-state index is 13.2. The van der Waals surface area contributed by atoms with Crippen molar-refractivity contribution in [2.24, 2.45) is 0 Å². The van der Waals surface area contributed by atoms with Gasteiger partial charge in [0.2, 0.25) is 12.3 Å². The molecule has 30 heavy (non-hydrogen) atoms. The number of rotatable bonds is 4. The van der Waals surface area contributed by atoms with E-state index in [2.05, 4.69) is 10.7 Å². The summed E-state index contributed by atoms with van der Waals surface area (Å²) >= 11 is 5.96. The first kappa shape index (κ1) is 19.8. The minimum atomic E-state index is -0.839. The van der Waals surface area contributed by atoms with Gasteiger partial charge in [-0.25, -0.2) is 4.39 Å². The number of nitrogens with zero attached hydrogens (tertiary/aromatic N) is 1. The normalized spacial score (nSPS) is 19.5. The molecular weight excluding hydrogens is 405 g/mol. The van der Waals surface area contributed by atoms with Gasteiger partial charge in [0.25, 0.3) is 5.91 Å². The van der Waals surface area contributed by atoms with Crippen LogP contribution in [0.4, 0.5) is 4.39 Å². The van der Waals surface area contributed by atoms with Crippen molar-refractivity contribution >= 4 is 29.6 Å². The number of amides is 2. The number of nitrogens with one attached hydrogen (secondary N) is 2. The molecule has 0 aliphatic carbocycles. The van der Waals surface area contributed by atoms with Crippen LogP contribution in [0.5, 0.6) is 0 Å². The topological polar surface area (TPSA) is 61.2 Å². The second kappa shape index (κ2) is 8.47. The van der Waals surface area contributed by atoms with E-state index in [-0.39, 0.29) is 11.5 Å². The number of halogens is 2. The highest BCUT2D eigenvalue weighted by Gasteiger charge is 2.47. The molecule has 7 heteroatoms. The molecule has 1 saturated heterocycles. The first-order valence-corrected chi connectivity index (χ1v) is 9.70. The number of hydrazone groups is 1. The van der Waals surface area contributed by atoms with Crippen molar-refractivity contribution in [2.75, 3.05) is 0 Å². The summed E-state index contributed by atoms with van der Waals surface area (Å²) < 4.78 is 14.8. The highest BCUT2D eigenvalue weighted by Crippen LogP contribution is 2.25. The SMILES string of the molecule is O=C(N[C@H]1C(=O)N/[N+](=C\c2ccc(Cl)cc2)[C@H]1c1ccccc1)c1ccc(F)cc1. The molecule has 0 bridgehead atoms. The van der Waals surface area contributed by atoms with Crippen LogP contribution in [0.3, 0.4) is 0 Å². The minimum Gasteiger partial charge on any atom is -0.334 e. The molecule has 0 aromatic heterocycles. The Morgan fingerprint density at radius 3 is 2.33 bits per heavy atom. The zero-order valence-electron chi connectivity index (χ0n) is 15.8. The van der Waals surface area contributed by atoms with Crippen molar-refractivity contribution in [1.29, 1.82) is 0 Å². The van der Waals surface area contributed by atoms with Crippen molar-refractivity contribution in [3.63, 3.8) is 0 Å². The van der Waals surface area contributed by atoms with Gasteiger partial charge in [0.15, 0.2) is 6.04 Å². The van der Waals surface area contributed by atoms with Gasteiger partial charge in [-0.1, -0.05) is 41.9 Å². The number of hydrazine groups is 1. The highest BCUT2D eigenvalue weighted by atomic mass is 35.5. The number of hydrogen-bond donors (Lipinski definition) is 2. The summed E-state index contributed by atoms with van der Waals surface area (Å²) in [6, 6.07) is 20.5. The molecule has 2 atom stereocenters. The first-order chi connectivity index (χ1) is 14.5. The summed E-state index contributed by atoms with van der Waals surface area (Å²) in [7, 11) is 0. The molecule has 5 nitrogen and oxygen atoms in total. The quantitative estimate of drug-likeness (QED) is 0.632. The standard InChI is InChI=1S/C23H17ClFN3O2/c24-18-10-6-15(7-11-18)14-28-21(16-4-2-1-3-5-16)20(23(30)27-28)26-22(29)17-8-12-19(25)13-9-17/h1-14,20-21H,(H-,26,27,29,30)/p+1/b28-14-/t20-,21+/m1/s1. The van der Waals surface area contributed by atoms with Crippen LogP contribution in [0.25, 0.3) is 0 Å². The Morgan fingerprint density at radius 2 is 1.67 bits per heavy atom. The van der Waals surface area contributed by atoms with Gasteiger partial charge in [0.05, 0.1) is 0 Å². The fourth-order valence-electron chi connectivity index (χ4n) is 3.37. The van der Waals surface area contributed by atoms with Gasteiger partial charge in [0.1, 0.15) is 5.82 Å². The predicted octanol–water partition coefficient (Wildman–Crippen LogP) is 3.50. The minimum absolute atomic E-state index is 0.274. The number of benzene rings is 3. The molecule has 3 aromatic rings. The van der Waals surface area contributed by atoms with Crippen molar-refractivity contribution < 1.29 is 18.7 Å². The van der Waals surface area contributed by atoms with E-state index in [1.54, 1.807) is 23.0 Å². The van der Waals surface area contributed by atoms with Crippen molar-refractivity contribution in [3.8, 4) is 0 Å². The van der Waals surface area contributed by atoms with E-state index in [0.29, 0.717) is 5.02 Å². The van der Waals surface area contributed by atoms with E-state index in [4.69, 9.17) is 11.6 Å². The summed E-state index contributed by atoms with van der Waals surface area (Å²) in [5.41, 5.74) is 4.78. The summed E-state index contributed by atoms with van der Waals surface area (Å²) in [6.45, 7) is 0. The van der Waals surface area contributed by atoms with Crippen LogP contribution in [0.2, 0.25) is 5.02 Å². The van der Waals surface area contributed by atoms with Crippen molar-refractivity contribution in [1.82, 2.24) is 10.7 Å². The van der Waals surface area contributed by atoms with E-state index in [0.717, 1.165) is 11.1 Å². The molecule has 3 aromatic carbocycles. The van der Waals surface area contributed by atoms with Gasteiger partial charge in [0, 0.05) is 21.7 Å². The van der Waals surface area contributed by atoms with Gasteiger partial charge >= 0.3 is 5.91 Å². The summed E-state index contributed by atoms with van der Waals surface area (Å²) in [5.74, 6) is -1.23. The molecule has 1 fully saturated rings. The molecule has 150 valence electrons. The summed E-state index contributed by atoms with van der Waals surface area (Å²) in [4.78, 5) is 25.4. The largest absolute Gasteiger partial charge is 0.334 e. The maximum atomic E-state index is 13.2. The van der Waals surface area contributed by atoms with Gasteiger partial charge < -0.3 is 5.32 Å². The molecular formula is C23H18ClFN3O2+. The molecule has 2 amide bonds. The molecule has 2 N–H and O–H groups in total. The van der Waals surface area contributed by atoms with E-state index in [9.17, 15) is 14.0 Å². The number of carbonyl (C=O) groups excluding carboxylic acids is 2.